The van der Waals surface area contributed by atoms with Crippen LogP contribution >= 0.6 is 0 Å². The minimum atomic E-state index is -0.199. The molecule has 0 aliphatic heterocycles. The molecule has 1 rings (SSSR count). The third-order valence-electron chi connectivity index (χ3n) is 1.18. The number of rotatable bonds is 1. The molecule has 0 amide bonds. The molecule has 11 heavy (non-hydrogen) atoms. The molecule has 0 radical (unpaired) electrons. The van der Waals surface area contributed by atoms with Crippen molar-refractivity contribution in [2.24, 2.45) is 0 Å². The van der Waals surface area contributed by atoms with E-state index < -0.39 is 0 Å². The van der Waals surface area contributed by atoms with E-state index in [4.69, 9.17) is 10.2 Å². The van der Waals surface area contributed by atoms with Gasteiger partial charge < -0.3 is 15.7 Å². The van der Waals surface area contributed by atoms with Crippen LogP contribution in [0.15, 0.2) is 18.2 Å². The first-order chi connectivity index (χ1) is 4.75. The van der Waals surface area contributed by atoms with Crippen molar-refractivity contribution < 1.29 is 20.5 Å². The number of carbonyl (C=O) groups excluding carboxylic acids is 1. The first-order valence-corrected chi connectivity index (χ1v) is 2.72. The highest BCUT2D eigenvalue weighted by atomic mass is 16.3. The van der Waals surface area contributed by atoms with E-state index >= 15 is 0 Å². The predicted molar refractivity (Wildman–Crippen MR) is 38.8 cm³/mol. The summed E-state index contributed by atoms with van der Waals surface area (Å²) < 4.78 is 0. The van der Waals surface area contributed by atoms with E-state index in [1.54, 1.807) is 0 Å². The largest absolute Gasteiger partial charge is 0.507 e. The van der Waals surface area contributed by atoms with E-state index in [9.17, 15) is 4.79 Å². The molecule has 0 atom stereocenters. The molecule has 4 nitrogen and oxygen atoms in total. The van der Waals surface area contributed by atoms with Gasteiger partial charge in [0.25, 0.3) is 0 Å². The van der Waals surface area contributed by atoms with Gasteiger partial charge in [-0.3, -0.25) is 4.79 Å². The normalized spacial score (nSPS) is 8.36. The molecule has 0 bridgehead atoms. The number of benzene rings is 1. The number of aromatic hydroxyl groups is 2. The van der Waals surface area contributed by atoms with E-state index in [1.165, 1.54) is 18.2 Å². The highest BCUT2D eigenvalue weighted by molar-refractivity contribution is 5.83. The minimum absolute atomic E-state index is 0. The molecular formula is C7H8O4. The Hall–Kier alpha value is -1.55. The molecule has 0 heterocycles. The Labute approximate surface area is 63.0 Å². The Balaban J connectivity index is 0.000001000. The summed E-state index contributed by atoms with van der Waals surface area (Å²) in [6, 6.07) is 4.13. The van der Waals surface area contributed by atoms with Gasteiger partial charge in [-0.25, -0.2) is 0 Å². The highest BCUT2D eigenvalue weighted by Crippen LogP contribution is 2.23. The number of phenolic OH excluding ortho intramolecular Hbond substituents is 2. The summed E-state index contributed by atoms with van der Waals surface area (Å²) in [6.07, 6.45) is 0.407. The average molecular weight is 156 g/mol. The van der Waals surface area contributed by atoms with Crippen LogP contribution < -0.4 is 0 Å². The lowest BCUT2D eigenvalue weighted by Crippen LogP contribution is -1.80. The first-order valence-electron chi connectivity index (χ1n) is 2.72. The second-order valence-corrected chi connectivity index (χ2v) is 1.83. The Morgan fingerprint density at radius 2 is 1.64 bits per heavy atom. The molecule has 0 aliphatic carbocycles. The van der Waals surface area contributed by atoms with Gasteiger partial charge in [0.15, 0.2) is 6.29 Å². The van der Waals surface area contributed by atoms with Crippen LogP contribution in [0.25, 0.3) is 0 Å². The van der Waals surface area contributed by atoms with Crippen molar-refractivity contribution in [1.29, 1.82) is 0 Å². The zero-order chi connectivity index (χ0) is 7.56. The summed E-state index contributed by atoms with van der Waals surface area (Å²) >= 11 is 0. The van der Waals surface area contributed by atoms with Crippen molar-refractivity contribution in [3.8, 4) is 11.5 Å². The fourth-order valence-corrected chi connectivity index (χ4v) is 0.662. The first kappa shape index (κ1) is 9.45. The third kappa shape index (κ3) is 1.68. The summed E-state index contributed by atoms with van der Waals surface area (Å²) in [5, 5.41) is 17.8. The molecular weight excluding hydrogens is 148 g/mol. The minimum Gasteiger partial charge on any atom is -0.507 e. The number of carbonyl (C=O) groups is 1. The zero-order valence-corrected chi connectivity index (χ0v) is 5.61. The van der Waals surface area contributed by atoms with Gasteiger partial charge in [-0.15, -0.1) is 0 Å². The zero-order valence-electron chi connectivity index (χ0n) is 5.61. The lowest BCUT2D eigenvalue weighted by molar-refractivity contribution is 0.111. The maximum atomic E-state index is 10.1. The standard InChI is InChI=1S/C7H6O3.H2O/c8-4-5-6(9)2-1-3-7(5)10;/h1-4,9-10H;1H2. The van der Waals surface area contributed by atoms with E-state index in [2.05, 4.69) is 0 Å². The number of hydrogen-bond acceptors (Lipinski definition) is 3. The van der Waals surface area contributed by atoms with Gasteiger partial charge >= 0.3 is 0 Å². The molecule has 0 unspecified atom stereocenters. The quantitative estimate of drug-likeness (QED) is 0.564. The maximum Gasteiger partial charge on any atom is 0.157 e. The van der Waals surface area contributed by atoms with Gasteiger partial charge in [0.05, 0.1) is 5.56 Å². The van der Waals surface area contributed by atoms with Crippen LogP contribution in [-0.2, 0) is 0 Å². The van der Waals surface area contributed by atoms with Gasteiger partial charge in [0, 0.05) is 0 Å². The van der Waals surface area contributed by atoms with E-state index in [0.29, 0.717) is 6.29 Å². The summed E-state index contributed by atoms with van der Waals surface area (Å²) in [4.78, 5) is 10.1. The van der Waals surface area contributed by atoms with Gasteiger partial charge in [-0.2, -0.15) is 0 Å². The number of hydrogen-bond donors (Lipinski definition) is 2. The van der Waals surface area contributed by atoms with Crippen molar-refractivity contribution in [2.45, 2.75) is 0 Å². The van der Waals surface area contributed by atoms with Crippen LogP contribution in [0.3, 0.4) is 0 Å². The van der Waals surface area contributed by atoms with Crippen LogP contribution in [-0.4, -0.2) is 22.0 Å². The predicted octanol–water partition coefficient (Wildman–Crippen LogP) is 0.0856. The van der Waals surface area contributed by atoms with Gasteiger partial charge in [-0.1, -0.05) is 6.07 Å². The van der Waals surface area contributed by atoms with Crippen LogP contribution in [0.4, 0.5) is 0 Å². The topological polar surface area (TPSA) is 89.0 Å². The van der Waals surface area contributed by atoms with E-state index in [1.807, 2.05) is 0 Å². The SMILES string of the molecule is O.O=Cc1c(O)cccc1O. The lowest BCUT2D eigenvalue weighted by atomic mass is 10.2. The van der Waals surface area contributed by atoms with Gasteiger partial charge in [0.1, 0.15) is 11.5 Å². The highest BCUT2D eigenvalue weighted by Gasteiger charge is 2.02. The Morgan fingerprint density at radius 1 is 1.18 bits per heavy atom. The molecule has 1 aromatic rings. The van der Waals surface area contributed by atoms with Crippen LogP contribution in [0.2, 0.25) is 0 Å². The monoisotopic (exact) mass is 156 g/mol. The second-order valence-electron chi connectivity index (χ2n) is 1.83. The summed E-state index contributed by atoms with van der Waals surface area (Å²) in [5.41, 5.74) is -0.0671. The summed E-state index contributed by atoms with van der Waals surface area (Å²) in [7, 11) is 0. The average Bonchev–Trinajstić information content (AvgIpc) is 1.88. The van der Waals surface area contributed by atoms with Gasteiger partial charge in [0.2, 0.25) is 0 Å². The Kier molecular flexibility index (Phi) is 3.07. The van der Waals surface area contributed by atoms with Crippen LogP contribution in [0.1, 0.15) is 10.4 Å². The molecule has 1 aromatic carbocycles. The molecule has 60 valence electrons. The number of aldehydes is 1. The fraction of sp³-hybridized carbons (Fsp3) is 0. The lowest BCUT2D eigenvalue weighted by Gasteiger charge is -1.97. The van der Waals surface area contributed by atoms with Crippen molar-refractivity contribution in [3.63, 3.8) is 0 Å². The smallest absolute Gasteiger partial charge is 0.157 e. The molecule has 4 heteroatoms. The fourth-order valence-electron chi connectivity index (χ4n) is 0.662. The second kappa shape index (κ2) is 3.58. The molecule has 0 aliphatic rings. The van der Waals surface area contributed by atoms with Crippen molar-refractivity contribution >= 4 is 6.29 Å². The van der Waals surface area contributed by atoms with E-state index in [0.717, 1.165) is 0 Å². The molecule has 4 N–H and O–H groups in total. The molecule has 0 saturated carbocycles. The van der Waals surface area contributed by atoms with Crippen molar-refractivity contribution in [3.05, 3.63) is 23.8 Å². The van der Waals surface area contributed by atoms with Crippen LogP contribution in [0.5, 0.6) is 11.5 Å². The molecule has 0 aromatic heterocycles. The van der Waals surface area contributed by atoms with Gasteiger partial charge in [-0.05, 0) is 12.1 Å². The molecule has 0 saturated heterocycles. The van der Waals surface area contributed by atoms with Crippen molar-refractivity contribution in [1.82, 2.24) is 0 Å². The Morgan fingerprint density at radius 3 is 1.91 bits per heavy atom. The molecule has 0 spiro atoms. The van der Waals surface area contributed by atoms with E-state index in [-0.39, 0.29) is 22.5 Å². The van der Waals surface area contributed by atoms with Crippen molar-refractivity contribution in [2.75, 3.05) is 0 Å². The van der Waals surface area contributed by atoms with Crippen LogP contribution in [0, 0.1) is 0 Å². The summed E-state index contributed by atoms with van der Waals surface area (Å²) in [6.45, 7) is 0. The molecule has 0 fully saturated rings. The maximum absolute atomic E-state index is 10.1. The number of phenols is 2. The summed E-state index contributed by atoms with van der Waals surface area (Å²) in [5.74, 6) is -0.398. The third-order valence-corrected chi connectivity index (χ3v) is 1.18. The Bertz CT molecular complexity index is 236.